The number of nitrogens with zero attached hydrogens (tertiary/aromatic N) is 1. The minimum atomic E-state index is -0.218. The molecule has 0 heterocycles. The second-order valence-electron chi connectivity index (χ2n) is 6.28. The van der Waals surface area contributed by atoms with Crippen molar-refractivity contribution in [1.29, 1.82) is 0 Å². The number of carbonyl (C=O) groups excluding carboxylic acids is 1. The van der Waals surface area contributed by atoms with Crippen molar-refractivity contribution in [2.24, 2.45) is 11.7 Å². The number of hydrogen-bond donors (Lipinski definition) is 2. The zero-order valence-electron chi connectivity index (χ0n) is 13.2. The molecule has 0 radical (unpaired) electrons. The monoisotopic (exact) mass is 307 g/mol. The Morgan fingerprint density at radius 1 is 1.36 bits per heavy atom. The molecule has 3 N–H and O–H groups in total. The lowest BCUT2D eigenvalue weighted by molar-refractivity contribution is -0.126. The molecule has 1 aliphatic carbocycles. The highest BCUT2D eigenvalue weighted by molar-refractivity contribution is 5.78. The van der Waals surface area contributed by atoms with Crippen molar-refractivity contribution in [2.75, 3.05) is 20.1 Å². The van der Waals surface area contributed by atoms with E-state index in [0.717, 1.165) is 44.3 Å². The molecule has 0 bridgehead atoms. The van der Waals surface area contributed by atoms with Gasteiger partial charge >= 0.3 is 0 Å². The number of benzene rings is 1. The average molecular weight is 307 g/mol. The van der Waals surface area contributed by atoms with Gasteiger partial charge in [0.05, 0.1) is 0 Å². The molecule has 1 aliphatic rings. The first kappa shape index (κ1) is 16.9. The lowest BCUT2D eigenvalue weighted by Gasteiger charge is -2.26. The maximum absolute atomic E-state index is 12.8. The fourth-order valence-electron chi connectivity index (χ4n) is 2.96. The fraction of sp³-hybridized carbons (Fsp3) is 0.588. The Kier molecular flexibility index (Phi) is 6.34. The van der Waals surface area contributed by atoms with Gasteiger partial charge in [-0.3, -0.25) is 4.79 Å². The van der Waals surface area contributed by atoms with Crippen LogP contribution in [0.3, 0.4) is 0 Å². The standard InChI is InChI=1S/C17H26FN3O/c1-21(12-13-5-7-15(18)8-6-13)10-9-20-17(22)14-3-2-4-16(19)11-14/h5-8,14,16H,2-4,9-12,19H2,1H3,(H,20,22). The Balaban J connectivity index is 1.67. The molecule has 122 valence electrons. The van der Waals surface area contributed by atoms with Gasteiger partial charge in [0, 0.05) is 31.6 Å². The summed E-state index contributed by atoms with van der Waals surface area (Å²) in [4.78, 5) is 14.2. The molecule has 1 aromatic rings. The summed E-state index contributed by atoms with van der Waals surface area (Å²) >= 11 is 0. The van der Waals surface area contributed by atoms with Crippen molar-refractivity contribution in [3.63, 3.8) is 0 Å². The van der Waals surface area contributed by atoms with E-state index in [4.69, 9.17) is 5.73 Å². The topological polar surface area (TPSA) is 58.4 Å². The molecule has 2 atom stereocenters. The van der Waals surface area contributed by atoms with Crippen LogP contribution in [0.2, 0.25) is 0 Å². The Morgan fingerprint density at radius 3 is 2.77 bits per heavy atom. The number of nitrogens with two attached hydrogens (primary N) is 1. The quantitative estimate of drug-likeness (QED) is 0.844. The van der Waals surface area contributed by atoms with Gasteiger partial charge in [0.1, 0.15) is 5.82 Å². The summed E-state index contributed by atoms with van der Waals surface area (Å²) < 4.78 is 12.8. The van der Waals surface area contributed by atoms with E-state index < -0.39 is 0 Å². The van der Waals surface area contributed by atoms with Crippen LogP contribution in [-0.2, 0) is 11.3 Å². The molecule has 0 aliphatic heterocycles. The van der Waals surface area contributed by atoms with Gasteiger partial charge < -0.3 is 16.0 Å². The second kappa shape index (κ2) is 8.25. The Bertz CT molecular complexity index is 477. The van der Waals surface area contributed by atoms with Gasteiger partial charge in [0.15, 0.2) is 0 Å². The SMILES string of the molecule is CN(CCNC(=O)C1CCCC(N)C1)Cc1ccc(F)cc1. The van der Waals surface area contributed by atoms with Gasteiger partial charge in [0.25, 0.3) is 0 Å². The summed E-state index contributed by atoms with van der Waals surface area (Å²) in [5.41, 5.74) is 6.98. The molecule has 0 spiro atoms. The molecule has 0 aromatic heterocycles. The maximum Gasteiger partial charge on any atom is 0.223 e. The van der Waals surface area contributed by atoms with Gasteiger partial charge in [-0.05, 0) is 44.0 Å². The molecule has 4 nitrogen and oxygen atoms in total. The summed E-state index contributed by atoms with van der Waals surface area (Å²) in [7, 11) is 1.99. The summed E-state index contributed by atoms with van der Waals surface area (Å²) in [6, 6.07) is 6.68. The maximum atomic E-state index is 12.8. The molecule has 2 unspecified atom stereocenters. The first-order chi connectivity index (χ1) is 10.5. The van der Waals surface area contributed by atoms with E-state index >= 15 is 0 Å². The number of halogens is 1. The fourth-order valence-corrected chi connectivity index (χ4v) is 2.96. The highest BCUT2D eigenvalue weighted by atomic mass is 19.1. The first-order valence-electron chi connectivity index (χ1n) is 8.01. The molecule has 1 aromatic carbocycles. The Hall–Kier alpha value is -1.46. The average Bonchev–Trinajstić information content (AvgIpc) is 2.49. The van der Waals surface area contributed by atoms with Gasteiger partial charge in [0.2, 0.25) is 5.91 Å². The van der Waals surface area contributed by atoms with Gasteiger partial charge in [-0.2, -0.15) is 0 Å². The van der Waals surface area contributed by atoms with Crippen LogP contribution < -0.4 is 11.1 Å². The van der Waals surface area contributed by atoms with Crippen molar-refractivity contribution in [1.82, 2.24) is 10.2 Å². The van der Waals surface area contributed by atoms with Gasteiger partial charge in [-0.1, -0.05) is 18.6 Å². The number of hydrogen-bond acceptors (Lipinski definition) is 3. The molecule has 5 heteroatoms. The molecular weight excluding hydrogens is 281 g/mol. The van der Waals surface area contributed by atoms with Crippen molar-refractivity contribution in [3.05, 3.63) is 35.6 Å². The predicted octanol–water partition coefficient (Wildman–Crippen LogP) is 1.89. The lowest BCUT2D eigenvalue weighted by atomic mass is 9.85. The van der Waals surface area contributed by atoms with Crippen LogP contribution in [0.25, 0.3) is 0 Å². The minimum Gasteiger partial charge on any atom is -0.355 e. The number of carbonyl (C=O) groups is 1. The number of likely N-dealkylation sites (N-methyl/N-ethyl adjacent to an activating group) is 1. The largest absolute Gasteiger partial charge is 0.355 e. The van der Waals surface area contributed by atoms with Crippen LogP contribution in [0.5, 0.6) is 0 Å². The zero-order valence-corrected chi connectivity index (χ0v) is 13.2. The third-order valence-corrected chi connectivity index (χ3v) is 4.24. The van der Waals surface area contributed by atoms with Crippen LogP contribution >= 0.6 is 0 Å². The van der Waals surface area contributed by atoms with E-state index in [2.05, 4.69) is 10.2 Å². The third-order valence-electron chi connectivity index (χ3n) is 4.24. The van der Waals surface area contributed by atoms with Gasteiger partial charge in [-0.15, -0.1) is 0 Å². The van der Waals surface area contributed by atoms with E-state index in [1.54, 1.807) is 12.1 Å². The van der Waals surface area contributed by atoms with Crippen molar-refractivity contribution in [2.45, 2.75) is 38.3 Å². The van der Waals surface area contributed by atoms with Crippen LogP contribution in [-0.4, -0.2) is 37.0 Å². The third kappa shape index (κ3) is 5.39. The van der Waals surface area contributed by atoms with Crippen LogP contribution in [0.15, 0.2) is 24.3 Å². The molecular formula is C17H26FN3O. The smallest absolute Gasteiger partial charge is 0.223 e. The minimum absolute atomic E-state index is 0.0751. The predicted molar refractivity (Wildman–Crippen MR) is 85.7 cm³/mol. The van der Waals surface area contributed by atoms with Crippen LogP contribution in [0.4, 0.5) is 4.39 Å². The number of nitrogens with one attached hydrogen (secondary N) is 1. The van der Waals surface area contributed by atoms with Crippen molar-refractivity contribution in [3.8, 4) is 0 Å². The number of rotatable bonds is 6. The Labute approximate surface area is 131 Å². The molecule has 22 heavy (non-hydrogen) atoms. The molecule has 0 saturated heterocycles. The van der Waals surface area contributed by atoms with Crippen LogP contribution in [0.1, 0.15) is 31.2 Å². The van der Waals surface area contributed by atoms with E-state index in [1.807, 2.05) is 7.05 Å². The molecule has 1 fully saturated rings. The highest BCUT2D eigenvalue weighted by Gasteiger charge is 2.24. The molecule has 2 rings (SSSR count). The van der Waals surface area contributed by atoms with Crippen molar-refractivity contribution >= 4 is 5.91 Å². The second-order valence-corrected chi connectivity index (χ2v) is 6.28. The Morgan fingerprint density at radius 2 is 2.09 bits per heavy atom. The summed E-state index contributed by atoms with van der Waals surface area (Å²) in [6.07, 6.45) is 3.83. The molecule has 1 amide bonds. The summed E-state index contributed by atoms with van der Waals surface area (Å²) in [5, 5.41) is 3.00. The summed E-state index contributed by atoms with van der Waals surface area (Å²) in [6.45, 7) is 2.13. The van der Waals surface area contributed by atoms with E-state index in [1.165, 1.54) is 12.1 Å². The molecule has 1 saturated carbocycles. The van der Waals surface area contributed by atoms with E-state index in [9.17, 15) is 9.18 Å². The highest BCUT2D eigenvalue weighted by Crippen LogP contribution is 2.22. The van der Waals surface area contributed by atoms with Gasteiger partial charge in [-0.25, -0.2) is 4.39 Å². The number of amides is 1. The van der Waals surface area contributed by atoms with E-state index in [0.29, 0.717) is 6.54 Å². The first-order valence-corrected chi connectivity index (χ1v) is 8.01. The zero-order chi connectivity index (χ0) is 15.9. The normalized spacial score (nSPS) is 21.8. The van der Waals surface area contributed by atoms with E-state index in [-0.39, 0.29) is 23.7 Å². The summed E-state index contributed by atoms with van der Waals surface area (Å²) in [5.74, 6) is -0.0131. The van der Waals surface area contributed by atoms with Crippen molar-refractivity contribution < 1.29 is 9.18 Å². The van der Waals surface area contributed by atoms with Crippen LogP contribution in [0, 0.1) is 11.7 Å². The lowest BCUT2D eigenvalue weighted by Crippen LogP contribution is -2.40.